The summed E-state index contributed by atoms with van der Waals surface area (Å²) in [7, 11) is 0. The van der Waals surface area contributed by atoms with Crippen LogP contribution in [-0.2, 0) is 4.74 Å². The van der Waals surface area contributed by atoms with Crippen molar-refractivity contribution in [2.75, 3.05) is 50.1 Å². The monoisotopic (exact) mass is 694 g/mol. The number of thiophene rings is 1. The van der Waals surface area contributed by atoms with E-state index in [9.17, 15) is 5.26 Å². The first-order valence-electron chi connectivity index (χ1n) is 16.6. The smallest absolute Gasteiger partial charge is 0.319 e. The van der Waals surface area contributed by atoms with Crippen molar-refractivity contribution in [3.63, 3.8) is 0 Å². The number of nitrogens with zero attached hydrogens (tertiary/aromatic N) is 5. The third-order valence-corrected chi connectivity index (χ3v) is 12.0. The van der Waals surface area contributed by atoms with E-state index in [0.717, 1.165) is 43.7 Å². The van der Waals surface area contributed by atoms with Crippen LogP contribution in [0.5, 0.6) is 11.8 Å². The summed E-state index contributed by atoms with van der Waals surface area (Å²) in [6, 6.07) is 4.74. The van der Waals surface area contributed by atoms with Crippen LogP contribution in [0, 0.1) is 34.8 Å². The number of rotatable bonds is 5. The molecule has 4 aliphatic heterocycles. The summed E-state index contributed by atoms with van der Waals surface area (Å²) in [4.78, 5) is 14.4. The Balaban J connectivity index is 1.36. The zero-order chi connectivity index (χ0) is 33.5. The van der Waals surface area contributed by atoms with Crippen LogP contribution in [0.1, 0.15) is 52.0 Å². The average Bonchev–Trinajstić information content (AvgIpc) is 3.70. The van der Waals surface area contributed by atoms with E-state index in [2.05, 4.69) is 36.6 Å². The molecule has 0 aliphatic carbocycles. The van der Waals surface area contributed by atoms with E-state index in [1.54, 1.807) is 0 Å². The van der Waals surface area contributed by atoms with Crippen molar-refractivity contribution in [2.24, 2.45) is 11.8 Å². The lowest BCUT2D eigenvalue weighted by Gasteiger charge is -2.43. The quantitative estimate of drug-likeness (QED) is 0.233. The molecule has 13 heteroatoms. The van der Waals surface area contributed by atoms with E-state index < -0.39 is 11.6 Å². The lowest BCUT2D eigenvalue weighted by atomic mass is 9.92. The minimum atomic E-state index is -0.738. The van der Waals surface area contributed by atoms with E-state index in [-0.39, 0.29) is 77.7 Å². The molecule has 252 valence electrons. The van der Waals surface area contributed by atoms with Crippen molar-refractivity contribution in [1.82, 2.24) is 14.9 Å². The molecule has 9 nitrogen and oxygen atoms in total. The van der Waals surface area contributed by atoms with Gasteiger partial charge in [-0.1, -0.05) is 38.4 Å². The van der Waals surface area contributed by atoms with Gasteiger partial charge in [-0.05, 0) is 49.3 Å². The predicted molar refractivity (Wildman–Crippen MR) is 183 cm³/mol. The first-order valence-corrected chi connectivity index (χ1v) is 17.8. The Labute approximate surface area is 286 Å². The Kier molecular flexibility index (Phi) is 7.82. The van der Waals surface area contributed by atoms with E-state index in [0.29, 0.717) is 49.9 Å². The summed E-state index contributed by atoms with van der Waals surface area (Å²) in [5.74, 6) is 0.223. The lowest BCUT2D eigenvalue weighted by Crippen LogP contribution is -2.52. The zero-order valence-corrected chi connectivity index (χ0v) is 28.7. The minimum absolute atomic E-state index is 0.00682. The number of nitrogens with two attached hydrogens (primary N) is 1. The van der Waals surface area contributed by atoms with Crippen molar-refractivity contribution in [1.29, 1.82) is 5.26 Å². The molecule has 2 N–H and O–H groups in total. The maximum Gasteiger partial charge on any atom is 0.319 e. The summed E-state index contributed by atoms with van der Waals surface area (Å²) in [5.41, 5.74) is 6.28. The lowest BCUT2D eigenvalue weighted by molar-refractivity contribution is -0.0109. The van der Waals surface area contributed by atoms with Gasteiger partial charge in [0.1, 0.15) is 34.8 Å². The number of nitriles is 1. The summed E-state index contributed by atoms with van der Waals surface area (Å²) >= 11 is 8.05. The van der Waals surface area contributed by atoms with Gasteiger partial charge in [0.2, 0.25) is 0 Å². The number of hydrogen-bond donors (Lipinski definition) is 1. The molecule has 0 amide bonds. The molecule has 4 aliphatic rings. The van der Waals surface area contributed by atoms with Crippen LogP contribution in [0.4, 0.5) is 19.6 Å². The molecule has 0 saturated carbocycles. The van der Waals surface area contributed by atoms with Gasteiger partial charge < -0.3 is 24.8 Å². The molecule has 2 aromatic heterocycles. The number of benzene rings is 2. The molecule has 2 aromatic carbocycles. The van der Waals surface area contributed by atoms with Crippen LogP contribution in [0.3, 0.4) is 0 Å². The topological polar surface area (TPSA) is 110 Å². The normalized spacial score (nSPS) is 25.5. The van der Waals surface area contributed by atoms with Crippen LogP contribution >= 0.6 is 22.9 Å². The third kappa shape index (κ3) is 4.88. The standard InChI is InChI=1S/C35H37ClF2N6O3S/c1-17(2)23-14-44-19(15-46-23)7-10-45-30-26-29(41-34(42-33(26)44)47-16-35-8-4-9-43(35)13-18(3)11-35)28(38)25(27(30)36)20-5-6-22(37)31-24(20)21(12-39)32(40)48-31/h5-6,17-19,23H,4,7-11,13-16,40H2,1-3H3/t18-,19?,23?,35+/m1/s1. The van der Waals surface area contributed by atoms with Gasteiger partial charge >= 0.3 is 6.01 Å². The van der Waals surface area contributed by atoms with Gasteiger partial charge in [-0.2, -0.15) is 15.2 Å². The maximum absolute atomic E-state index is 17.3. The fourth-order valence-corrected chi connectivity index (χ4v) is 9.61. The number of anilines is 2. The van der Waals surface area contributed by atoms with Crippen molar-refractivity contribution in [3.05, 3.63) is 34.4 Å². The molecule has 3 saturated heterocycles. The molecule has 0 spiro atoms. The number of nitrogen functional groups attached to an aromatic ring is 1. The SMILES string of the molecule is CC(C)C1CN2c3nc(OC[C@@]45CCCN4C[C@H](C)C5)nc4c(F)c(-c5ccc(F)c6sc(N)c(C#N)c56)c(Cl)c(c34)OCCC2CO1. The van der Waals surface area contributed by atoms with Crippen LogP contribution in [-0.4, -0.2) is 72.0 Å². The van der Waals surface area contributed by atoms with Gasteiger partial charge in [-0.25, -0.2) is 8.78 Å². The van der Waals surface area contributed by atoms with Crippen LogP contribution in [0.25, 0.3) is 32.1 Å². The largest absolute Gasteiger partial charge is 0.491 e. The second kappa shape index (κ2) is 11.8. The van der Waals surface area contributed by atoms with Crippen LogP contribution in [0.2, 0.25) is 5.02 Å². The van der Waals surface area contributed by atoms with Gasteiger partial charge in [0.25, 0.3) is 0 Å². The first-order chi connectivity index (χ1) is 23.1. The molecule has 0 bridgehead atoms. The van der Waals surface area contributed by atoms with E-state index >= 15 is 8.78 Å². The molecular weight excluding hydrogens is 658 g/mol. The molecule has 8 rings (SSSR count). The van der Waals surface area contributed by atoms with Crippen molar-refractivity contribution in [3.8, 4) is 29.0 Å². The van der Waals surface area contributed by atoms with E-state index in [1.165, 1.54) is 12.1 Å². The summed E-state index contributed by atoms with van der Waals surface area (Å²) in [6.45, 7) is 10.3. The molecule has 4 atom stereocenters. The second-order valence-electron chi connectivity index (χ2n) is 14.1. The molecule has 4 aromatic rings. The van der Waals surface area contributed by atoms with Gasteiger partial charge in [-0.3, -0.25) is 4.90 Å². The highest BCUT2D eigenvalue weighted by Gasteiger charge is 2.48. The number of aromatic nitrogens is 2. The van der Waals surface area contributed by atoms with Crippen molar-refractivity contribution < 1.29 is 23.0 Å². The highest BCUT2D eigenvalue weighted by Crippen LogP contribution is 2.51. The van der Waals surface area contributed by atoms with Gasteiger partial charge in [-0.15, -0.1) is 11.3 Å². The fourth-order valence-electron chi connectivity index (χ4n) is 8.33. The summed E-state index contributed by atoms with van der Waals surface area (Å²) in [5, 5.41) is 10.7. The summed E-state index contributed by atoms with van der Waals surface area (Å²) in [6.07, 6.45) is 3.70. The van der Waals surface area contributed by atoms with Crippen LogP contribution < -0.4 is 20.1 Å². The highest BCUT2D eigenvalue weighted by molar-refractivity contribution is 7.23. The minimum Gasteiger partial charge on any atom is -0.491 e. The number of hydrogen-bond acceptors (Lipinski definition) is 10. The Morgan fingerprint density at radius 1 is 1.25 bits per heavy atom. The highest BCUT2D eigenvalue weighted by atomic mass is 35.5. The molecule has 48 heavy (non-hydrogen) atoms. The molecule has 2 unspecified atom stereocenters. The third-order valence-electron chi connectivity index (χ3n) is 10.6. The maximum atomic E-state index is 17.3. The van der Waals surface area contributed by atoms with Crippen molar-refractivity contribution in [2.45, 2.75) is 64.1 Å². The Bertz CT molecular complexity index is 2000. The Morgan fingerprint density at radius 2 is 2.08 bits per heavy atom. The molecule has 3 fully saturated rings. The van der Waals surface area contributed by atoms with Gasteiger partial charge in [0.05, 0.1) is 51.6 Å². The number of fused-ring (bicyclic) bond motifs is 4. The second-order valence-corrected chi connectivity index (χ2v) is 15.5. The number of halogens is 3. The van der Waals surface area contributed by atoms with Gasteiger partial charge in [0.15, 0.2) is 11.6 Å². The Morgan fingerprint density at radius 3 is 2.88 bits per heavy atom. The van der Waals surface area contributed by atoms with Gasteiger partial charge in [0, 0.05) is 30.5 Å². The zero-order valence-electron chi connectivity index (χ0n) is 27.1. The molecular formula is C35H37ClF2N6O3S. The Hall–Kier alpha value is -3.50. The van der Waals surface area contributed by atoms with E-state index in [4.69, 9.17) is 41.5 Å². The average molecular weight is 695 g/mol. The van der Waals surface area contributed by atoms with Crippen LogP contribution in [0.15, 0.2) is 12.1 Å². The first kappa shape index (κ1) is 31.7. The number of morpholine rings is 1. The fraction of sp³-hybridized carbons (Fsp3) is 0.514. The number of ether oxygens (including phenoxy) is 3. The molecule has 6 heterocycles. The summed E-state index contributed by atoms with van der Waals surface area (Å²) < 4.78 is 51.6. The predicted octanol–water partition coefficient (Wildman–Crippen LogP) is 7.16. The van der Waals surface area contributed by atoms with E-state index in [1.807, 2.05) is 0 Å². The van der Waals surface area contributed by atoms with Crippen molar-refractivity contribution >= 4 is 54.7 Å². The molecule has 0 radical (unpaired) electrons.